The standard InChI is InChI=1S/C21H28O3/c1-19(2,3)14-10-12-13(11-15(14)22)21(6)9-7-8-20(4,5)18(21)17(24)16(12)23/h10-11,22,24H,7-9H2,1-6H3/t21-/m1/s1. The van der Waals surface area contributed by atoms with Crippen molar-refractivity contribution >= 4 is 5.78 Å². The quantitative estimate of drug-likeness (QED) is 0.691. The van der Waals surface area contributed by atoms with Gasteiger partial charge < -0.3 is 10.2 Å². The number of benzene rings is 1. The van der Waals surface area contributed by atoms with Crippen LogP contribution in [0.5, 0.6) is 5.75 Å². The Labute approximate surface area is 144 Å². The Kier molecular flexibility index (Phi) is 3.46. The van der Waals surface area contributed by atoms with E-state index in [4.69, 9.17) is 0 Å². The minimum absolute atomic E-state index is 0.0831. The Bertz CT molecular complexity index is 762. The summed E-state index contributed by atoms with van der Waals surface area (Å²) in [5.74, 6) is -0.155. The van der Waals surface area contributed by atoms with Crippen molar-refractivity contribution in [2.45, 2.75) is 71.6 Å². The maximum absolute atomic E-state index is 12.9. The van der Waals surface area contributed by atoms with Crippen LogP contribution in [0.4, 0.5) is 0 Å². The molecule has 2 aliphatic carbocycles. The van der Waals surface area contributed by atoms with Crippen LogP contribution in [0.1, 0.15) is 82.3 Å². The molecule has 3 heteroatoms. The molecule has 0 unspecified atom stereocenters. The van der Waals surface area contributed by atoms with E-state index in [0.29, 0.717) is 5.56 Å². The molecule has 0 aliphatic heterocycles. The molecular weight excluding hydrogens is 300 g/mol. The van der Waals surface area contributed by atoms with Gasteiger partial charge in [0, 0.05) is 11.0 Å². The molecule has 1 aromatic rings. The lowest BCUT2D eigenvalue weighted by molar-refractivity contribution is 0.0940. The van der Waals surface area contributed by atoms with Crippen LogP contribution >= 0.6 is 0 Å². The molecular formula is C21H28O3. The number of aliphatic hydroxyl groups excluding tert-OH is 1. The number of rotatable bonds is 0. The van der Waals surface area contributed by atoms with E-state index in [1.54, 1.807) is 12.1 Å². The molecule has 130 valence electrons. The predicted molar refractivity (Wildman–Crippen MR) is 95.8 cm³/mol. The molecule has 1 atom stereocenters. The Balaban J connectivity index is 2.33. The van der Waals surface area contributed by atoms with Gasteiger partial charge in [-0.1, -0.05) is 48.0 Å². The van der Waals surface area contributed by atoms with Gasteiger partial charge in [0.15, 0.2) is 5.76 Å². The van der Waals surface area contributed by atoms with Crippen molar-refractivity contribution in [2.75, 3.05) is 0 Å². The highest BCUT2D eigenvalue weighted by Crippen LogP contribution is 2.56. The number of hydrogen-bond acceptors (Lipinski definition) is 3. The van der Waals surface area contributed by atoms with Crippen LogP contribution in [0, 0.1) is 5.41 Å². The Morgan fingerprint density at radius 2 is 1.67 bits per heavy atom. The van der Waals surface area contributed by atoms with Gasteiger partial charge in [-0.25, -0.2) is 0 Å². The second-order valence-electron chi connectivity index (χ2n) is 9.29. The van der Waals surface area contributed by atoms with Gasteiger partial charge >= 0.3 is 0 Å². The van der Waals surface area contributed by atoms with E-state index in [1.807, 2.05) is 20.8 Å². The molecule has 2 aliphatic rings. The minimum atomic E-state index is -0.400. The van der Waals surface area contributed by atoms with Gasteiger partial charge in [-0.15, -0.1) is 0 Å². The Hall–Kier alpha value is -1.77. The summed E-state index contributed by atoms with van der Waals surface area (Å²) in [6.45, 7) is 12.3. The van der Waals surface area contributed by atoms with Crippen molar-refractivity contribution in [3.05, 3.63) is 40.2 Å². The van der Waals surface area contributed by atoms with Crippen LogP contribution in [0.15, 0.2) is 23.5 Å². The highest BCUT2D eigenvalue weighted by Gasteiger charge is 2.50. The fourth-order valence-electron chi connectivity index (χ4n) is 4.81. The monoisotopic (exact) mass is 328 g/mol. The molecule has 1 saturated carbocycles. The molecule has 0 spiro atoms. The molecule has 0 radical (unpaired) electrons. The number of hydrogen-bond donors (Lipinski definition) is 2. The topological polar surface area (TPSA) is 57.5 Å². The molecule has 24 heavy (non-hydrogen) atoms. The SMILES string of the molecule is CC1(C)CCC[C@@]2(C)C1=C(O)C(=O)c1cc(C(C)(C)C)c(O)cc12. The second-order valence-corrected chi connectivity index (χ2v) is 9.29. The summed E-state index contributed by atoms with van der Waals surface area (Å²) in [6, 6.07) is 3.55. The average molecular weight is 328 g/mol. The van der Waals surface area contributed by atoms with Crippen LogP contribution in [0.2, 0.25) is 0 Å². The number of carbonyl (C=O) groups excluding carboxylic acids is 1. The number of allylic oxidation sites excluding steroid dienone is 2. The van der Waals surface area contributed by atoms with Gasteiger partial charge in [0.1, 0.15) is 5.75 Å². The average Bonchev–Trinajstić information content (AvgIpc) is 2.42. The molecule has 0 aromatic heterocycles. The number of Topliss-reactive ketones (excluding diaryl/α,β-unsaturated/α-hetero) is 1. The first kappa shape index (κ1) is 17.1. The third-order valence-electron chi connectivity index (χ3n) is 5.94. The lowest BCUT2D eigenvalue weighted by Crippen LogP contribution is -2.43. The number of phenols is 1. The first-order valence-corrected chi connectivity index (χ1v) is 8.76. The van der Waals surface area contributed by atoms with E-state index in [2.05, 4.69) is 20.8 Å². The summed E-state index contributed by atoms with van der Waals surface area (Å²) in [7, 11) is 0. The molecule has 2 N–H and O–H groups in total. The third kappa shape index (κ3) is 2.21. The zero-order valence-corrected chi connectivity index (χ0v) is 15.6. The largest absolute Gasteiger partial charge is 0.508 e. The van der Waals surface area contributed by atoms with Gasteiger partial charge in [-0.3, -0.25) is 4.79 Å². The normalized spacial score (nSPS) is 26.2. The van der Waals surface area contributed by atoms with Gasteiger partial charge in [-0.2, -0.15) is 0 Å². The summed E-state index contributed by atoms with van der Waals surface area (Å²) in [4.78, 5) is 12.9. The highest BCUT2D eigenvalue weighted by atomic mass is 16.3. The Morgan fingerprint density at radius 3 is 2.25 bits per heavy atom. The highest BCUT2D eigenvalue weighted by molar-refractivity contribution is 6.11. The summed E-state index contributed by atoms with van der Waals surface area (Å²) >= 11 is 0. The second kappa shape index (κ2) is 4.87. The first-order chi connectivity index (χ1) is 10.9. The maximum Gasteiger partial charge on any atom is 0.227 e. The number of phenolic OH excluding ortho intramolecular Hbond substituents is 1. The fraction of sp³-hybridized carbons (Fsp3) is 0.571. The smallest absolute Gasteiger partial charge is 0.227 e. The summed E-state index contributed by atoms with van der Waals surface area (Å²) in [5, 5.41) is 21.4. The summed E-state index contributed by atoms with van der Waals surface area (Å²) in [6.07, 6.45) is 2.87. The molecule has 3 nitrogen and oxygen atoms in total. The maximum atomic E-state index is 12.9. The Morgan fingerprint density at radius 1 is 1.04 bits per heavy atom. The van der Waals surface area contributed by atoms with Gasteiger partial charge in [0.25, 0.3) is 0 Å². The van der Waals surface area contributed by atoms with E-state index in [-0.39, 0.29) is 28.1 Å². The lowest BCUT2D eigenvalue weighted by atomic mass is 9.54. The van der Waals surface area contributed by atoms with Crippen molar-refractivity contribution in [1.29, 1.82) is 0 Å². The van der Waals surface area contributed by atoms with Crippen LogP contribution in [-0.2, 0) is 10.8 Å². The molecule has 0 saturated heterocycles. The zero-order chi connectivity index (χ0) is 18.1. The summed E-state index contributed by atoms with van der Waals surface area (Å²) in [5.41, 5.74) is 2.08. The van der Waals surface area contributed by atoms with E-state index in [1.165, 1.54) is 0 Å². The number of aromatic hydroxyl groups is 1. The lowest BCUT2D eigenvalue weighted by Gasteiger charge is -2.49. The molecule has 1 fully saturated rings. The van der Waals surface area contributed by atoms with Crippen LogP contribution in [0.25, 0.3) is 0 Å². The van der Waals surface area contributed by atoms with Gasteiger partial charge in [0.05, 0.1) is 0 Å². The van der Waals surface area contributed by atoms with Crippen molar-refractivity contribution in [2.24, 2.45) is 5.41 Å². The molecule has 0 bridgehead atoms. The van der Waals surface area contributed by atoms with E-state index in [9.17, 15) is 15.0 Å². The summed E-state index contributed by atoms with van der Waals surface area (Å²) < 4.78 is 0. The minimum Gasteiger partial charge on any atom is -0.508 e. The van der Waals surface area contributed by atoms with E-state index >= 15 is 0 Å². The van der Waals surface area contributed by atoms with Crippen molar-refractivity contribution in [3.63, 3.8) is 0 Å². The van der Waals surface area contributed by atoms with Crippen LogP contribution in [0.3, 0.4) is 0 Å². The van der Waals surface area contributed by atoms with Gasteiger partial charge in [-0.05, 0) is 52.5 Å². The zero-order valence-electron chi connectivity index (χ0n) is 15.6. The predicted octanol–water partition coefficient (Wildman–Crippen LogP) is 5.17. The van der Waals surface area contributed by atoms with Crippen LogP contribution in [-0.4, -0.2) is 16.0 Å². The van der Waals surface area contributed by atoms with E-state index in [0.717, 1.165) is 36.0 Å². The van der Waals surface area contributed by atoms with Crippen LogP contribution < -0.4 is 0 Å². The number of fused-ring (bicyclic) bond motifs is 3. The van der Waals surface area contributed by atoms with Gasteiger partial charge in [0.2, 0.25) is 5.78 Å². The number of aliphatic hydroxyl groups is 1. The third-order valence-corrected chi connectivity index (χ3v) is 5.94. The molecule has 3 rings (SSSR count). The molecule has 1 aromatic carbocycles. The van der Waals surface area contributed by atoms with Crippen molar-refractivity contribution in [3.8, 4) is 5.75 Å². The van der Waals surface area contributed by atoms with Crippen molar-refractivity contribution < 1.29 is 15.0 Å². The first-order valence-electron chi connectivity index (χ1n) is 8.76. The van der Waals surface area contributed by atoms with Crippen molar-refractivity contribution in [1.82, 2.24) is 0 Å². The number of carbonyl (C=O) groups is 1. The van der Waals surface area contributed by atoms with E-state index < -0.39 is 5.41 Å². The fourth-order valence-corrected chi connectivity index (χ4v) is 4.81. The molecule has 0 heterocycles. The molecule has 0 amide bonds. The number of ketones is 1.